The molecule has 3 nitrogen and oxygen atoms in total. The monoisotopic (exact) mass is 278 g/mol. The van der Waals surface area contributed by atoms with Crippen LogP contribution in [0, 0.1) is 0 Å². The molecule has 0 aliphatic heterocycles. The minimum absolute atomic E-state index is 0.0756. The van der Waals surface area contributed by atoms with Crippen LogP contribution in [0.5, 0.6) is 5.75 Å². The Hall–Kier alpha value is -2.39. The van der Waals surface area contributed by atoms with Gasteiger partial charge in [-0.1, -0.05) is 42.5 Å². The summed E-state index contributed by atoms with van der Waals surface area (Å²) >= 11 is 0. The summed E-state index contributed by atoms with van der Waals surface area (Å²) in [5.41, 5.74) is 8.00. The van der Waals surface area contributed by atoms with E-state index in [4.69, 9.17) is 10.5 Å². The lowest BCUT2D eigenvalue weighted by atomic mass is 10.0. The summed E-state index contributed by atoms with van der Waals surface area (Å²) in [4.78, 5) is 4.29. The number of rotatable bonds is 4. The molecule has 3 aromatic rings. The van der Waals surface area contributed by atoms with Gasteiger partial charge in [0.2, 0.25) is 0 Å². The molecule has 2 aromatic carbocycles. The van der Waals surface area contributed by atoms with Gasteiger partial charge in [-0.3, -0.25) is 4.98 Å². The SMILES string of the molecule is C[C@H](N)c1ccc2ccccc2c1OCc1ccccn1. The van der Waals surface area contributed by atoms with Crippen molar-refractivity contribution < 1.29 is 4.74 Å². The molecule has 21 heavy (non-hydrogen) atoms. The fraction of sp³-hybridized carbons (Fsp3) is 0.167. The van der Waals surface area contributed by atoms with Crippen LogP contribution >= 0.6 is 0 Å². The van der Waals surface area contributed by atoms with E-state index >= 15 is 0 Å². The number of pyridine rings is 1. The van der Waals surface area contributed by atoms with E-state index in [-0.39, 0.29) is 6.04 Å². The van der Waals surface area contributed by atoms with Crippen molar-refractivity contribution in [3.05, 3.63) is 72.1 Å². The Balaban J connectivity index is 2.00. The lowest BCUT2D eigenvalue weighted by Crippen LogP contribution is -2.09. The zero-order valence-electron chi connectivity index (χ0n) is 12.0. The zero-order chi connectivity index (χ0) is 14.7. The van der Waals surface area contributed by atoms with Gasteiger partial charge in [0.05, 0.1) is 5.69 Å². The highest BCUT2D eigenvalue weighted by molar-refractivity contribution is 5.89. The molecule has 0 aliphatic carbocycles. The van der Waals surface area contributed by atoms with Gasteiger partial charge >= 0.3 is 0 Å². The maximum atomic E-state index is 6.08. The summed E-state index contributed by atoms with van der Waals surface area (Å²) in [6, 6.07) is 18.0. The van der Waals surface area contributed by atoms with Crippen LogP contribution in [0.2, 0.25) is 0 Å². The van der Waals surface area contributed by atoms with Crippen LogP contribution in [0.25, 0.3) is 10.8 Å². The van der Waals surface area contributed by atoms with Crippen LogP contribution in [0.1, 0.15) is 24.2 Å². The average molecular weight is 278 g/mol. The first-order valence-electron chi connectivity index (χ1n) is 7.05. The van der Waals surface area contributed by atoms with Crippen LogP contribution in [-0.2, 0) is 6.61 Å². The summed E-state index contributed by atoms with van der Waals surface area (Å²) in [6.45, 7) is 2.41. The molecule has 1 atom stereocenters. The third-order valence-corrected chi connectivity index (χ3v) is 3.49. The Morgan fingerprint density at radius 1 is 1.05 bits per heavy atom. The normalized spacial score (nSPS) is 12.3. The fourth-order valence-corrected chi connectivity index (χ4v) is 2.41. The Bertz CT molecular complexity index is 739. The molecule has 0 radical (unpaired) electrons. The number of aromatic nitrogens is 1. The van der Waals surface area contributed by atoms with Crippen molar-refractivity contribution in [3.63, 3.8) is 0 Å². The quantitative estimate of drug-likeness (QED) is 0.789. The third kappa shape index (κ3) is 2.88. The van der Waals surface area contributed by atoms with Crippen molar-refractivity contribution in [2.24, 2.45) is 5.73 Å². The van der Waals surface area contributed by atoms with E-state index in [9.17, 15) is 0 Å². The molecule has 0 amide bonds. The standard InChI is InChI=1S/C18H18N2O/c1-13(19)16-10-9-14-6-2-3-8-17(14)18(16)21-12-15-7-4-5-11-20-15/h2-11,13H,12,19H2,1H3/t13-/m0/s1. The molecule has 0 saturated heterocycles. The molecule has 0 unspecified atom stereocenters. The Morgan fingerprint density at radius 3 is 2.62 bits per heavy atom. The third-order valence-electron chi connectivity index (χ3n) is 3.49. The molecule has 106 valence electrons. The number of nitrogens with zero attached hydrogens (tertiary/aromatic N) is 1. The number of hydrogen-bond acceptors (Lipinski definition) is 3. The van der Waals surface area contributed by atoms with Crippen molar-refractivity contribution in [2.75, 3.05) is 0 Å². The number of ether oxygens (including phenoxy) is 1. The van der Waals surface area contributed by atoms with Gasteiger partial charge in [0.1, 0.15) is 12.4 Å². The van der Waals surface area contributed by atoms with Gasteiger partial charge < -0.3 is 10.5 Å². The number of fused-ring (bicyclic) bond motifs is 1. The van der Waals surface area contributed by atoms with Crippen molar-refractivity contribution >= 4 is 10.8 Å². The molecule has 0 spiro atoms. The number of hydrogen-bond donors (Lipinski definition) is 1. The Morgan fingerprint density at radius 2 is 1.86 bits per heavy atom. The van der Waals surface area contributed by atoms with Gasteiger partial charge in [-0.25, -0.2) is 0 Å². The van der Waals surface area contributed by atoms with Gasteiger partial charge in [0.25, 0.3) is 0 Å². The predicted molar refractivity (Wildman–Crippen MR) is 85.1 cm³/mol. The second-order valence-electron chi connectivity index (χ2n) is 5.10. The minimum Gasteiger partial charge on any atom is -0.486 e. The molecular weight excluding hydrogens is 260 g/mol. The summed E-state index contributed by atoms with van der Waals surface area (Å²) in [6.07, 6.45) is 1.77. The van der Waals surface area contributed by atoms with Crippen molar-refractivity contribution in [1.82, 2.24) is 4.98 Å². The van der Waals surface area contributed by atoms with Crippen LogP contribution < -0.4 is 10.5 Å². The largest absolute Gasteiger partial charge is 0.486 e. The molecule has 0 saturated carbocycles. The maximum absolute atomic E-state index is 6.08. The highest BCUT2D eigenvalue weighted by Gasteiger charge is 2.12. The first-order chi connectivity index (χ1) is 10.3. The maximum Gasteiger partial charge on any atom is 0.132 e. The summed E-state index contributed by atoms with van der Waals surface area (Å²) in [7, 11) is 0. The van der Waals surface area contributed by atoms with Gasteiger partial charge in [-0.05, 0) is 24.4 Å². The minimum atomic E-state index is -0.0756. The van der Waals surface area contributed by atoms with E-state index < -0.39 is 0 Å². The predicted octanol–water partition coefficient (Wildman–Crippen LogP) is 3.83. The molecule has 1 aromatic heterocycles. The first kappa shape index (κ1) is 13.6. The van der Waals surface area contributed by atoms with E-state index in [0.717, 1.165) is 27.8 Å². The lowest BCUT2D eigenvalue weighted by Gasteiger charge is -2.16. The molecule has 0 fully saturated rings. The molecular formula is C18H18N2O. The van der Waals surface area contributed by atoms with E-state index in [1.165, 1.54) is 0 Å². The smallest absolute Gasteiger partial charge is 0.132 e. The lowest BCUT2D eigenvalue weighted by molar-refractivity contribution is 0.300. The van der Waals surface area contributed by atoms with E-state index in [2.05, 4.69) is 23.2 Å². The molecule has 3 rings (SSSR count). The highest BCUT2D eigenvalue weighted by Crippen LogP contribution is 2.33. The van der Waals surface area contributed by atoms with E-state index in [0.29, 0.717) is 6.61 Å². The molecule has 3 heteroatoms. The number of nitrogens with two attached hydrogens (primary N) is 1. The highest BCUT2D eigenvalue weighted by atomic mass is 16.5. The number of benzene rings is 2. The Labute approximate surface area is 124 Å². The van der Waals surface area contributed by atoms with Crippen molar-refractivity contribution in [1.29, 1.82) is 0 Å². The van der Waals surface area contributed by atoms with Crippen LogP contribution in [0.3, 0.4) is 0 Å². The molecule has 1 heterocycles. The molecule has 0 aliphatic rings. The van der Waals surface area contributed by atoms with Crippen molar-refractivity contribution in [2.45, 2.75) is 19.6 Å². The van der Waals surface area contributed by atoms with Crippen LogP contribution in [0.15, 0.2) is 60.8 Å². The van der Waals surface area contributed by atoms with Crippen molar-refractivity contribution in [3.8, 4) is 5.75 Å². The van der Waals surface area contributed by atoms with E-state index in [1.807, 2.05) is 43.3 Å². The topological polar surface area (TPSA) is 48.1 Å². The Kier molecular flexibility index (Phi) is 3.84. The summed E-state index contributed by atoms with van der Waals surface area (Å²) in [5.74, 6) is 0.855. The van der Waals surface area contributed by atoms with Gasteiger partial charge in [0.15, 0.2) is 0 Å². The molecule has 0 bridgehead atoms. The summed E-state index contributed by atoms with van der Waals surface area (Å²) < 4.78 is 6.06. The fourth-order valence-electron chi connectivity index (χ4n) is 2.41. The second kappa shape index (κ2) is 5.94. The van der Waals surface area contributed by atoms with E-state index in [1.54, 1.807) is 6.20 Å². The molecule has 2 N–H and O–H groups in total. The van der Waals surface area contributed by atoms with Gasteiger partial charge in [-0.15, -0.1) is 0 Å². The van der Waals surface area contributed by atoms with Gasteiger partial charge in [0, 0.05) is 23.2 Å². The van der Waals surface area contributed by atoms with Gasteiger partial charge in [-0.2, -0.15) is 0 Å². The average Bonchev–Trinajstić information content (AvgIpc) is 2.53. The second-order valence-corrected chi connectivity index (χ2v) is 5.10. The van der Waals surface area contributed by atoms with Crippen LogP contribution in [-0.4, -0.2) is 4.98 Å². The van der Waals surface area contributed by atoms with Crippen LogP contribution in [0.4, 0.5) is 0 Å². The summed E-state index contributed by atoms with van der Waals surface area (Å²) in [5, 5.41) is 2.24. The zero-order valence-corrected chi connectivity index (χ0v) is 12.0. The first-order valence-corrected chi connectivity index (χ1v) is 7.05.